The summed E-state index contributed by atoms with van der Waals surface area (Å²) >= 11 is 5.85. The molecule has 11 heteroatoms. The quantitative estimate of drug-likeness (QED) is 0.358. The van der Waals surface area contributed by atoms with E-state index in [1.807, 2.05) is 0 Å². The first-order valence-electron chi connectivity index (χ1n) is 9.57. The van der Waals surface area contributed by atoms with Crippen LogP contribution in [0.15, 0.2) is 60.2 Å². The second-order valence-corrected chi connectivity index (χ2v) is 8.16. The number of nitrogens with zero attached hydrogens (tertiary/aromatic N) is 2. The lowest BCUT2D eigenvalue weighted by molar-refractivity contribution is -0.138. The van der Waals surface area contributed by atoms with Crippen LogP contribution < -0.4 is 5.32 Å². The summed E-state index contributed by atoms with van der Waals surface area (Å²) in [7, 11) is 0. The average Bonchev–Trinajstić information content (AvgIpc) is 3.04. The predicted octanol–water partition coefficient (Wildman–Crippen LogP) is 7.21. The molecule has 0 aliphatic carbocycles. The summed E-state index contributed by atoms with van der Waals surface area (Å²) in [6.07, 6.45) is -7.18. The molecule has 4 nitrogen and oxygen atoms in total. The Balaban J connectivity index is 1.88. The molecule has 33 heavy (non-hydrogen) atoms. The van der Waals surface area contributed by atoms with Crippen molar-refractivity contribution < 1.29 is 31.1 Å². The number of urea groups is 1. The van der Waals surface area contributed by atoms with Crippen molar-refractivity contribution in [1.82, 2.24) is 5.01 Å². The molecule has 2 amide bonds. The minimum atomic E-state index is -4.62. The highest BCUT2D eigenvalue weighted by molar-refractivity contribution is 6.32. The van der Waals surface area contributed by atoms with Gasteiger partial charge in [0.05, 0.1) is 28.4 Å². The first-order chi connectivity index (χ1) is 15.2. The molecule has 2 aromatic carbocycles. The van der Waals surface area contributed by atoms with E-state index in [0.29, 0.717) is 17.7 Å². The number of alkyl halides is 6. The molecule has 0 fully saturated rings. The number of hydrazone groups is 1. The van der Waals surface area contributed by atoms with Gasteiger partial charge in [0.1, 0.15) is 0 Å². The molecular formula is C22H18ClF6N3O. The summed E-state index contributed by atoms with van der Waals surface area (Å²) in [5.41, 5.74) is -1.86. The summed E-state index contributed by atoms with van der Waals surface area (Å²) in [6, 6.07) is 6.40. The zero-order valence-electron chi connectivity index (χ0n) is 17.2. The summed E-state index contributed by atoms with van der Waals surface area (Å²) in [6.45, 7) is 5.52. The van der Waals surface area contributed by atoms with Crippen LogP contribution in [0.2, 0.25) is 5.02 Å². The van der Waals surface area contributed by atoms with Crippen molar-refractivity contribution in [3.8, 4) is 0 Å². The average molecular weight is 490 g/mol. The number of hydrogen-bond acceptors (Lipinski definition) is 2. The Kier molecular flexibility index (Phi) is 6.52. The van der Waals surface area contributed by atoms with Crippen molar-refractivity contribution in [3.05, 3.63) is 76.8 Å². The Morgan fingerprint density at radius 1 is 1.15 bits per heavy atom. The number of amides is 2. The van der Waals surface area contributed by atoms with Crippen LogP contribution in [0, 0.1) is 5.41 Å². The molecule has 3 rings (SSSR count). The molecule has 1 heterocycles. The van der Waals surface area contributed by atoms with E-state index in [1.54, 1.807) is 13.0 Å². The molecule has 2 aromatic rings. The molecule has 0 saturated heterocycles. The third-order valence-corrected chi connectivity index (χ3v) is 5.44. The largest absolute Gasteiger partial charge is 0.417 e. The molecule has 0 saturated carbocycles. The fraction of sp³-hybridized carbons (Fsp3) is 0.273. The van der Waals surface area contributed by atoms with Crippen LogP contribution in [0.1, 0.15) is 30.0 Å². The van der Waals surface area contributed by atoms with Crippen LogP contribution in [0.3, 0.4) is 0 Å². The van der Waals surface area contributed by atoms with E-state index >= 15 is 0 Å². The Morgan fingerprint density at radius 3 is 2.30 bits per heavy atom. The molecule has 176 valence electrons. The molecule has 0 aromatic heterocycles. The van der Waals surface area contributed by atoms with Crippen molar-refractivity contribution in [2.45, 2.75) is 25.7 Å². The standard InChI is InChI=1S/C22H18ClF6N3O/c1-3-10-20(2)12-32(19(33)30-15-7-5-14(6-8-15)21(24,25)26)31-18(20)13-4-9-16(17(23)11-13)22(27,28)29/h3-9,11H,1,10,12H2,2H3,(H,30,33). The van der Waals surface area contributed by atoms with E-state index in [2.05, 4.69) is 17.0 Å². The highest BCUT2D eigenvalue weighted by atomic mass is 35.5. The molecule has 1 aliphatic rings. The number of carbonyl (C=O) groups excluding carboxylic acids is 1. The predicted molar refractivity (Wildman–Crippen MR) is 113 cm³/mol. The Morgan fingerprint density at radius 2 is 1.79 bits per heavy atom. The van der Waals surface area contributed by atoms with Crippen molar-refractivity contribution in [3.63, 3.8) is 0 Å². The van der Waals surface area contributed by atoms with E-state index in [0.717, 1.165) is 41.4 Å². The summed E-state index contributed by atoms with van der Waals surface area (Å²) in [5.74, 6) is 0. The van der Waals surface area contributed by atoms with Gasteiger partial charge in [0.15, 0.2) is 0 Å². The molecular weight excluding hydrogens is 472 g/mol. The summed E-state index contributed by atoms with van der Waals surface area (Å²) < 4.78 is 77.3. The van der Waals surface area contributed by atoms with E-state index in [-0.39, 0.29) is 12.2 Å². The van der Waals surface area contributed by atoms with Gasteiger partial charge in [-0.3, -0.25) is 0 Å². The van der Waals surface area contributed by atoms with Gasteiger partial charge in [-0.15, -0.1) is 6.58 Å². The minimum Gasteiger partial charge on any atom is -0.306 e. The van der Waals surface area contributed by atoms with Gasteiger partial charge in [-0.1, -0.05) is 30.7 Å². The first kappa shape index (κ1) is 24.6. The monoisotopic (exact) mass is 489 g/mol. The van der Waals surface area contributed by atoms with Crippen LogP contribution in [0.5, 0.6) is 0 Å². The lowest BCUT2D eigenvalue weighted by atomic mass is 9.79. The fourth-order valence-corrected chi connectivity index (χ4v) is 3.80. The Hall–Kier alpha value is -3.01. The molecule has 0 radical (unpaired) electrons. The number of nitrogens with one attached hydrogen (secondary N) is 1. The van der Waals surface area contributed by atoms with Gasteiger partial charge in [-0.25, -0.2) is 9.80 Å². The summed E-state index contributed by atoms with van der Waals surface area (Å²) in [4.78, 5) is 12.7. The SMILES string of the molecule is C=CCC1(C)CN(C(=O)Nc2ccc(C(F)(F)F)cc2)N=C1c1ccc(C(F)(F)F)c(Cl)c1. The van der Waals surface area contributed by atoms with E-state index in [9.17, 15) is 31.1 Å². The lowest BCUT2D eigenvalue weighted by Gasteiger charge is -2.25. The number of halogens is 7. The maximum Gasteiger partial charge on any atom is 0.417 e. The molecule has 1 unspecified atom stereocenters. The van der Waals surface area contributed by atoms with Gasteiger partial charge >= 0.3 is 18.4 Å². The van der Waals surface area contributed by atoms with Crippen molar-refractivity contribution in [1.29, 1.82) is 0 Å². The molecule has 1 atom stereocenters. The van der Waals surface area contributed by atoms with Crippen LogP contribution in [-0.2, 0) is 12.4 Å². The number of hydrogen-bond donors (Lipinski definition) is 1. The number of anilines is 1. The Bertz CT molecular complexity index is 1090. The first-order valence-corrected chi connectivity index (χ1v) is 9.95. The topological polar surface area (TPSA) is 44.7 Å². The molecule has 1 N–H and O–H groups in total. The van der Waals surface area contributed by atoms with Crippen LogP contribution >= 0.6 is 11.6 Å². The second kappa shape index (κ2) is 8.74. The highest BCUT2D eigenvalue weighted by Gasteiger charge is 2.41. The normalized spacial score (nSPS) is 18.8. The zero-order valence-corrected chi connectivity index (χ0v) is 17.9. The lowest BCUT2D eigenvalue weighted by Crippen LogP contribution is -2.35. The maximum atomic E-state index is 13.0. The van der Waals surface area contributed by atoms with Gasteiger partial charge < -0.3 is 5.32 Å². The fourth-order valence-electron chi connectivity index (χ4n) is 3.51. The number of allylic oxidation sites excluding steroid dienone is 1. The van der Waals surface area contributed by atoms with E-state index < -0.39 is 39.9 Å². The van der Waals surface area contributed by atoms with Crippen LogP contribution in [-0.4, -0.2) is 23.3 Å². The highest BCUT2D eigenvalue weighted by Crippen LogP contribution is 2.39. The number of rotatable bonds is 4. The molecule has 0 bridgehead atoms. The van der Waals surface area contributed by atoms with Crippen molar-refractivity contribution >= 4 is 29.0 Å². The van der Waals surface area contributed by atoms with E-state index in [1.165, 1.54) is 6.07 Å². The van der Waals surface area contributed by atoms with E-state index in [4.69, 9.17) is 11.6 Å². The van der Waals surface area contributed by atoms with Gasteiger partial charge in [-0.2, -0.15) is 31.4 Å². The van der Waals surface area contributed by atoms with Gasteiger partial charge in [0.2, 0.25) is 0 Å². The number of benzene rings is 2. The van der Waals surface area contributed by atoms with Crippen LogP contribution in [0.4, 0.5) is 36.8 Å². The van der Waals surface area contributed by atoms with Crippen molar-refractivity contribution in [2.75, 3.05) is 11.9 Å². The minimum absolute atomic E-state index is 0.0689. The van der Waals surface area contributed by atoms with Gasteiger partial charge in [-0.05, 0) is 48.4 Å². The second-order valence-electron chi connectivity index (χ2n) is 7.76. The van der Waals surface area contributed by atoms with Gasteiger partial charge in [0, 0.05) is 11.1 Å². The summed E-state index contributed by atoms with van der Waals surface area (Å²) in [5, 5.41) is 7.32. The molecule has 1 aliphatic heterocycles. The maximum absolute atomic E-state index is 13.0. The third kappa shape index (κ3) is 5.32. The van der Waals surface area contributed by atoms with Gasteiger partial charge in [0.25, 0.3) is 0 Å². The van der Waals surface area contributed by atoms with Crippen molar-refractivity contribution in [2.24, 2.45) is 10.5 Å². The van der Waals surface area contributed by atoms with Crippen LogP contribution in [0.25, 0.3) is 0 Å². The molecule has 0 spiro atoms. The number of carbonyl (C=O) groups is 1. The third-order valence-electron chi connectivity index (χ3n) is 5.13. The smallest absolute Gasteiger partial charge is 0.306 e. The zero-order chi connectivity index (χ0) is 24.6. The Labute approximate surface area is 190 Å².